The van der Waals surface area contributed by atoms with Gasteiger partial charge in [-0.3, -0.25) is 9.59 Å². The molecule has 138 valence electrons. The van der Waals surface area contributed by atoms with Crippen molar-refractivity contribution in [1.82, 2.24) is 10.2 Å². The van der Waals surface area contributed by atoms with E-state index in [4.69, 9.17) is 4.74 Å². The van der Waals surface area contributed by atoms with Gasteiger partial charge in [0.2, 0.25) is 5.91 Å². The van der Waals surface area contributed by atoms with Crippen LogP contribution in [-0.2, 0) is 16.1 Å². The zero-order chi connectivity index (χ0) is 19.1. The maximum Gasteiger partial charge on any atom is 0.261 e. The van der Waals surface area contributed by atoms with Crippen molar-refractivity contribution in [3.05, 3.63) is 65.2 Å². The van der Waals surface area contributed by atoms with Gasteiger partial charge in [0.1, 0.15) is 11.8 Å². The fourth-order valence-electron chi connectivity index (χ4n) is 2.70. The van der Waals surface area contributed by atoms with Gasteiger partial charge < -0.3 is 15.0 Å². The number of hydrogen-bond donors (Lipinski definition) is 1. The summed E-state index contributed by atoms with van der Waals surface area (Å²) in [6, 6.07) is 14.8. The van der Waals surface area contributed by atoms with Gasteiger partial charge in [-0.1, -0.05) is 42.5 Å². The lowest BCUT2D eigenvalue weighted by Gasteiger charge is -2.29. The van der Waals surface area contributed by atoms with Crippen LogP contribution >= 0.6 is 0 Å². The molecule has 26 heavy (non-hydrogen) atoms. The van der Waals surface area contributed by atoms with E-state index in [0.717, 1.165) is 16.7 Å². The van der Waals surface area contributed by atoms with Crippen molar-refractivity contribution in [2.45, 2.75) is 33.4 Å². The Morgan fingerprint density at radius 2 is 1.65 bits per heavy atom. The molecule has 2 aromatic rings. The summed E-state index contributed by atoms with van der Waals surface area (Å²) in [5.41, 5.74) is 3.05. The molecule has 5 nitrogen and oxygen atoms in total. The Morgan fingerprint density at radius 1 is 1.04 bits per heavy atom. The number of nitrogens with zero attached hydrogens (tertiary/aromatic N) is 1. The number of para-hydroxylation sites is 1. The molecule has 0 saturated heterocycles. The van der Waals surface area contributed by atoms with E-state index >= 15 is 0 Å². The number of rotatable bonds is 7. The van der Waals surface area contributed by atoms with Crippen molar-refractivity contribution in [2.75, 3.05) is 13.7 Å². The molecule has 2 rings (SSSR count). The number of likely N-dealkylation sites (N-methyl/N-ethyl adjacent to an activating group) is 1. The van der Waals surface area contributed by atoms with Gasteiger partial charge in [-0.2, -0.15) is 0 Å². The predicted molar refractivity (Wildman–Crippen MR) is 102 cm³/mol. The molecule has 0 heterocycles. The first-order chi connectivity index (χ1) is 12.4. The normalized spacial score (nSPS) is 11.5. The summed E-state index contributed by atoms with van der Waals surface area (Å²) in [5.74, 6) is 0.236. The van der Waals surface area contributed by atoms with Crippen LogP contribution in [0.4, 0.5) is 0 Å². The lowest BCUT2D eigenvalue weighted by Crippen LogP contribution is -2.48. The lowest BCUT2D eigenvalue weighted by molar-refractivity contribution is -0.142. The molecule has 0 bridgehead atoms. The molecule has 0 fully saturated rings. The molecule has 2 aromatic carbocycles. The summed E-state index contributed by atoms with van der Waals surface area (Å²) in [5, 5.41) is 2.61. The second kappa shape index (κ2) is 9.04. The summed E-state index contributed by atoms with van der Waals surface area (Å²) in [7, 11) is 1.57. The molecule has 0 saturated carbocycles. The topological polar surface area (TPSA) is 58.6 Å². The average Bonchev–Trinajstić information content (AvgIpc) is 2.65. The van der Waals surface area contributed by atoms with Gasteiger partial charge in [0, 0.05) is 13.6 Å². The molecular weight excluding hydrogens is 328 g/mol. The van der Waals surface area contributed by atoms with Gasteiger partial charge in [0.15, 0.2) is 6.61 Å². The number of nitrogens with one attached hydrogen (secondary N) is 1. The minimum Gasteiger partial charge on any atom is -0.484 e. The van der Waals surface area contributed by atoms with E-state index in [1.165, 1.54) is 0 Å². The van der Waals surface area contributed by atoms with Gasteiger partial charge in [0.25, 0.3) is 5.91 Å². The van der Waals surface area contributed by atoms with E-state index in [-0.39, 0.29) is 18.4 Å². The monoisotopic (exact) mass is 354 g/mol. The highest BCUT2D eigenvalue weighted by atomic mass is 16.5. The number of benzene rings is 2. The maximum atomic E-state index is 12.8. The van der Waals surface area contributed by atoms with E-state index in [2.05, 4.69) is 5.32 Å². The maximum absolute atomic E-state index is 12.8. The van der Waals surface area contributed by atoms with Gasteiger partial charge in [-0.25, -0.2) is 0 Å². The molecule has 1 atom stereocenters. The van der Waals surface area contributed by atoms with Crippen LogP contribution in [0.3, 0.4) is 0 Å². The molecule has 1 N–H and O–H groups in total. The average molecular weight is 354 g/mol. The van der Waals surface area contributed by atoms with Crippen LogP contribution in [0.5, 0.6) is 5.75 Å². The second-order valence-corrected chi connectivity index (χ2v) is 6.29. The van der Waals surface area contributed by atoms with Crippen LogP contribution in [0.15, 0.2) is 48.5 Å². The third-order valence-corrected chi connectivity index (χ3v) is 4.46. The molecular formula is C21H26N2O3. The van der Waals surface area contributed by atoms with E-state index in [1.807, 2.05) is 62.4 Å². The zero-order valence-corrected chi connectivity index (χ0v) is 15.8. The second-order valence-electron chi connectivity index (χ2n) is 6.29. The number of carbonyl (C=O) groups is 2. The Morgan fingerprint density at radius 3 is 2.27 bits per heavy atom. The summed E-state index contributed by atoms with van der Waals surface area (Å²) < 4.78 is 5.69. The summed E-state index contributed by atoms with van der Waals surface area (Å²) >= 11 is 0. The molecule has 0 radical (unpaired) electrons. The van der Waals surface area contributed by atoms with Crippen LogP contribution in [0.25, 0.3) is 0 Å². The third kappa shape index (κ3) is 4.85. The van der Waals surface area contributed by atoms with E-state index in [9.17, 15) is 9.59 Å². The minimum absolute atomic E-state index is 0.113. The Labute approximate surface area is 155 Å². The van der Waals surface area contributed by atoms with Crippen molar-refractivity contribution in [3.8, 4) is 5.75 Å². The highest BCUT2D eigenvalue weighted by Gasteiger charge is 2.26. The lowest BCUT2D eigenvalue weighted by atomic mass is 10.1. The Bertz CT molecular complexity index is 773. The van der Waals surface area contributed by atoms with E-state index in [1.54, 1.807) is 18.9 Å². The fourth-order valence-corrected chi connectivity index (χ4v) is 2.70. The van der Waals surface area contributed by atoms with Gasteiger partial charge >= 0.3 is 0 Å². The fraction of sp³-hybridized carbons (Fsp3) is 0.333. The number of aryl methyl sites for hydroxylation is 2. The zero-order valence-electron chi connectivity index (χ0n) is 15.8. The molecule has 0 aliphatic carbocycles. The highest BCUT2D eigenvalue weighted by molar-refractivity contribution is 5.87. The van der Waals surface area contributed by atoms with Crippen molar-refractivity contribution in [1.29, 1.82) is 0 Å². The number of ether oxygens (including phenoxy) is 1. The minimum atomic E-state index is -0.590. The van der Waals surface area contributed by atoms with Gasteiger partial charge in [-0.15, -0.1) is 0 Å². The summed E-state index contributed by atoms with van der Waals surface area (Å²) in [4.78, 5) is 26.5. The van der Waals surface area contributed by atoms with Crippen LogP contribution in [-0.4, -0.2) is 36.4 Å². The Kier molecular flexibility index (Phi) is 6.78. The summed E-state index contributed by atoms with van der Waals surface area (Å²) in [6.07, 6.45) is 0. The van der Waals surface area contributed by atoms with Crippen LogP contribution < -0.4 is 10.1 Å². The summed E-state index contributed by atoms with van der Waals surface area (Å²) in [6.45, 7) is 5.89. The van der Waals surface area contributed by atoms with Gasteiger partial charge in [-0.05, 0) is 43.5 Å². The quantitative estimate of drug-likeness (QED) is 0.832. The first-order valence-electron chi connectivity index (χ1n) is 8.68. The molecule has 0 unspecified atom stereocenters. The molecule has 5 heteroatoms. The Hall–Kier alpha value is -2.82. The van der Waals surface area contributed by atoms with Crippen molar-refractivity contribution in [3.63, 3.8) is 0 Å². The molecule has 0 aliphatic rings. The first kappa shape index (κ1) is 19.5. The standard InChI is InChI=1S/C21H26N2O3/c1-15-9-5-7-11-18(15)13-23(17(3)21(25)22-4)20(24)14-26-19-12-8-6-10-16(19)2/h5-12,17H,13-14H2,1-4H3,(H,22,25)/t17-/m1/s1. The third-order valence-electron chi connectivity index (χ3n) is 4.46. The van der Waals surface area contributed by atoms with Gasteiger partial charge in [0.05, 0.1) is 0 Å². The predicted octanol–water partition coefficient (Wildman–Crippen LogP) is 2.85. The van der Waals surface area contributed by atoms with Crippen molar-refractivity contribution in [2.24, 2.45) is 0 Å². The molecule has 0 aromatic heterocycles. The van der Waals surface area contributed by atoms with Crippen molar-refractivity contribution < 1.29 is 14.3 Å². The van der Waals surface area contributed by atoms with Crippen LogP contribution in [0, 0.1) is 13.8 Å². The highest BCUT2D eigenvalue weighted by Crippen LogP contribution is 2.17. The largest absolute Gasteiger partial charge is 0.484 e. The van der Waals surface area contributed by atoms with E-state index in [0.29, 0.717) is 12.3 Å². The molecule has 0 spiro atoms. The van der Waals surface area contributed by atoms with E-state index < -0.39 is 6.04 Å². The number of carbonyl (C=O) groups excluding carboxylic acids is 2. The first-order valence-corrected chi connectivity index (χ1v) is 8.68. The molecule has 0 aliphatic heterocycles. The number of amides is 2. The SMILES string of the molecule is CNC(=O)[C@@H](C)N(Cc1ccccc1C)C(=O)COc1ccccc1C. The van der Waals surface area contributed by atoms with Crippen molar-refractivity contribution >= 4 is 11.8 Å². The van der Waals surface area contributed by atoms with Crippen LogP contribution in [0.1, 0.15) is 23.6 Å². The Balaban J connectivity index is 2.17. The van der Waals surface area contributed by atoms with Crippen LogP contribution in [0.2, 0.25) is 0 Å². The molecule has 2 amide bonds. The smallest absolute Gasteiger partial charge is 0.261 e. The number of hydrogen-bond acceptors (Lipinski definition) is 3.